The summed E-state index contributed by atoms with van der Waals surface area (Å²) < 4.78 is 62.7. The van der Waals surface area contributed by atoms with E-state index in [1.54, 1.807) is 6.07 Å². The number of anilines is 2. The van der Waals surface area contributed by atoms with Gasteiger partial charge in [-0.1, -0.05) is 0 Å². The van der Waals surface area contributed by atoms with Gasteiger partial charge in [0.15, 0.2) is 9.84 Å². The van der Waals surface area contributed by atoms with Gasteiger partial charge in [-0.05, 0) is 36.4 Å². The Hall–Kier alpha value is -2.50. The van der Waals surface area contributed by atoms with E-state index in [2.05, 4.69) is 0 Å². The first-order valence-electron chi connectivity index (χ1n) is 8.59. The molecule has 2 atom stereocenters. The van der Waals surface area contributed by atoms with Crippen LogP contribution < -0.4 is 19.5 Å². The van der Waals surface area contributed by atoms with Crippen molar-refractivity contribution in [1.82, 2.24) is 0 Å². The van der Waals surface area contributed by atoms with Crippen LogP contribution in [0.2, 0.25) is 0 Å². The maximum Gasteiger partial charge on any atom is 0.268 e. The van der Waals surface area contributed by atoms with E-state index < -0.39 is 43.5 Å². The topological polar surface area (TPSA) is 136 Å². The van der Waals surface area contributed by atoms with Crippen LogP contribution in [-0.4, -0.2) is 59.8 Å². The highest BCUT2D eigenvalue weighted by Crippen LogP contribution is 2.36. The zero-order chi connectivity index (χ0) is 21.4. The van der Waals surface area contributed by atoms with Crippen LogP contribution in [0.3, 0.4) is 0 Å². The maximum absolute atomic E-state index is 13.7. The smallest absolute Gasteiger partial charge is 0.268 e. The first-order valence-corrected chi connectivity index (χ1v) is 11.9. The number of methoxy groups -OCH3 is 2. The molecule has 2 aromatic rings. The Morgan fingerprint density at radius 2 is 1.72 bits per heavy atom. The third kappa shape index (κ3) is 4.11. The molecule has 1 aliphatic heterocycles. The Labute approximate surface area is 169 Å². The van der Waals surface area contributed by atoms with Crippen molar-refractivity contribution >= 4 is 31.2 Å². The van der Waals surface area contributed by atoms with E-state index in [0.717, 1.165) is 4.31 Å². The molecular formula is C18H22N2O7S2. The van der Waals surface area contributed by atoms with Crippen molar-refractivity contribution in [3.8, 4) is 11.5 Å². The predicted molar refractivity (Wildman–Crippen MR) is 109 cm³/mol. The number of sulfonamides is 1. The minimum atomic E-state index is -4.35. The van der Waals surface area contributed by atoms with Crippen LogP contribution in [-0.2, 0) is 19.9 Å². The summed E-state index contributed by atoms with van der Waals surface area (Å²) in [5.74, 6) is -0.694. The number of nitrogens with zero attached hydrogens (tertiary/aromatic N) is 1. The number of ether oxygens (including phenoxy) is 2. The van der Waals surface area contributed by atoms with E-state index in [1.807, 2.05) is 0 Å². The molecule has 2 aromatic carbocycles. The van der Waals surface area contributed by atoms with Crippen LogP contribution in [0.5, 0.6) is 11.5 Å². The van der Waals surface area contributed by atoms with Gasteiger partial charge in [-0.25, -0.2) is 16.8 Å². The lowest BCUT2D eigenvalue weighted by Gasteiger charge is -2.32. The van der Waals surface area contributed by atoms with E-state index >= 15 is 0 Å². The Morgan fingerprint density at radius 1 is 1.07 bits per heavy atom. The Bertz CT molecular complexity index is 1100. The molecule has 0 spiro atoms. The maximum atomic E-state index is 13.7. The molecule has 0 bridgehead atoms. The highest BCUT2D eigenvalue weighted by molar-refractivity contribution is 7.93. The molecule has 29 heavy (non-hydrogen) atoms. The van der Waals surface area contributed by atoms with Gasteiger partial charge in [0.05, 0.1) is 43.6 Å². The van der Waals surface area contributed by atoms with E-state index in [4.69, 9.17) is 15.2 Å². The van der Waals surface area contributed by atoms with Gasteiger partial charge in [0, 0.05) is 11.8 Å². The van der Waals surface area contributed by atoms with Gasteiger partial charge in [0.2, 0.25) is 0 Å². The molecule has 0 saturated carbocycles. The van der Waals surface area contributed by atoms with E-state index in [-0.39, 0.29) is 22.1 Å². The first kappa shape index (κ1) is 21.2. The largest absolute Gasteiger partial charge is 0.497 e. The number of rotatable bonds is 6. The zero-order valence-corrected chi connectivity index (χ0v) is 17.5. The Balaban J connectivity index is 2.22. The van der Waals surface area contributed by atoms with Gasteiger partial charge < -0.3 is 20.3 Å². The molecule has 1 heterocycles. The third-order valence-corrected chi connectivity index (χ3v) is 8.22. The quantitative estimate of drug-likeness (QED) is 0.622. The Kier molecular flexibility index (Phi) is 5.65. The summed E-state index contributed by atoms with van der Waals surface area (Å²) in [6.45, 7) is 0. The number of aliphatic hydroxyl groups excluding tert-OH is 1. The fourth-order valence-corrected chi connectivity index (χ4v) is 6.97. The van der Waals surface area contributed by atoms with Crippen LogP contribution in [0.15, 0.2) is 47.4 Å². The summed E-state index contributed by atoms with van der Waals surface area (Å²) in [6.07, 6.45) is -1.39. The SMILES string of the molecule is COc1ccc(OC)c(S(=O)(=O)N(c2ccc(N)cc2)[C@@H]2CS(=O)(=O)C[C@H]2O)c1. The van der Waals surface area contributed by atoms with Gasteiger partial charge in [0.25, 0.3) is 10.0 Å². The number of hydrogen-bond acceptors (Lipinski definition) is 8. The molecule has 0 radical (unpaired) electrons. The fourth-order valence-electron chi connectivity index (χ4n) is 3.26. The molecule has 0 unspecified atom stereocenters. The minimum absolute atomic E-state index is 0.0570. The van der Waals surface area contributed by atoms with Crippen molar-refractivity contribution in [3.63, 3.8) is 0 Å². The van der Waals surface area contributed by atoms with E-state index in [0.29, 0.717) is 5.69 Å². The molecule has 0 amide bonds. The van der Waals surface area contributed by atoms with E-state index in [9.17, 15) is 21.9 Å². The number of hydrogen-bond donors (Lipinski definition) is 2. The monoisotopic (exact) mass is 442 g/mol. The van der Waals surface area contributed by atoms with Crippen molar-refractivity contribution < 1.29 is 31.4 Å². The molecule has 0 aromatic heterocycles. The highest BCUT2D eigenvalue weighted by Gasteiger charge is 2.45. The van der Waals surface area contributed by atoms with Gasteiger partial charge in [-0.2, -0.15) is 0 Å². The van der Waals surface area contributed by atoms with Crippen LogP contribution >= 0.6 is 0 Å². The lowest BCUT2D eigenvalue weighted by atomic mass is 10.2. The highest BCUT2D eigenvalue weighted by atomic mass is 32.2. The summed E-state index contributed by atoms with van der Waals surface area (Å²) in [5, 5.41) is 10.4. The summed E-state index contributed by atoms with van der Waals surface area (Å²) in [7, 11) is -5.24. The second-order valence-electron chi connectivity index (χ2n) is 6.62. The predicted octanol–water partition coefficient (Wildman–Crippen LogP) is 0.639. The van der Waals surface area contributed by atoms with Crippen LogP contribution in [0.4, 0.5) is 11.4 Å². The lowest BCUT2D eigenvalue weighted by molar-refractivity contribution is 0.184. The van der Waals surface area contributed by atoms with Crippen molar-refractivity contribution in [3.05, 3.63) is 42.5 Å². The van der Waals surface area contributed by atoms with Crippen LogP contribution in [0.1, 0.15) is 0 Å². The number of nitrogen functional groups attached to an aromatic ring is 1. The van der Waals surface area contributed by atoms with Gasteiger partial charge >= 0.3 is 0 Å². The second-order valence-corrected chi connectivity index (χ2v) is 10.6. The zero-order valence-electron chi connectivity index (χ0n) is 15.8. The Morgan fingerprint density at radius 3 is 2.24 bits per heavy atom. The summed E-state index contributed by atoms with van der Waals surface area (Å²) in [4.78, 5) is -0.215. The number of nitrogens with two attached hydrogens (primary N) is 1. The lowest BCUT2D eigenvalue weighted by Crippen LogP contribution is -2.47. The molecule has 11 heteroatoms. The molecule has 1 fully saturated rings. The molecule has 158 valence electrons. The van der Waals surface area contributed by atoms with Gasteiger partial charge in [-0.15, -0.1) is 0 Å². The fraction of sp³-hybridized carbons (Fsp3) is 0.333. The van der Waals surface area contributed by atoms with Gasteiger partial charge in [-0.3, -0.25) is 4.31 Å². The molecule has 3 rings (SSSR count). The van der Waals surface area contributed by atoms with Crippen molar-refractivity contribution in [2.75, 3.05) is 35.8 Å². The van der Waals surface area contributed by atoms with Crippen molar-refractivity contribution in [2.45, 2.75) is 17.0 Å². The van der Waals surface area contributed by atoms with Gasteiger partial charge in [0.1, 0.15) is 16.4 Å². The number of benzene rings is 2. The summed E-state index contributed by atoms with van der Waals surface area (Å²) in [5.41, 5.74) is 6.28. The molecule has 3 N–H and O–H groups in total. The normalized spacial score (nSPS) is 20.9. The molecule has 1 saturated heterocycles. The molecule has 9 nitrogen and oxygen atoms in total. The first-order chi connectivity index (χ1) is 13.6. The number of sulfone groups is 1. The van der Waals surface area contributed by atoms with E-state index in [1.165, 1.54) is 50.6 Å². The average Bonchev–Trinajstić information content (AvgIpc) is 2.94. The third-order valence-electron chi connectivity index (χ3n) is 4.65. The molecular weight excluding hydrogens is 420 g/mol. The standard InChI is InChI=1S/C18H22N2O7S2/c1-26-14-7-8-17(27-2)18(9-14)29(24,25)20(13-5-3-12(19)4-6-13)15-10-28(22,23)11-16(15)21/h3-9,15-16,21H,10-11,19H2,1-2H3/t15-,16-/m1/s1. The number of aliphatic hydroxyl groups is 1. The molecule has 0 aliphatic carbocycles. The molecule has 1 aliphatic rings. The van der Waals surface area contributed by atoms with Crippen molar-refractivity contribution in [2.24, 2.45) is 0 Å². The summed E-state index contributed by atoms with van der Waals surface area (Å²) in [6, 6.07) is 8.97. The summed E-state index contributed by atoms with van der Waals surface area (Å²) >= 11 is 0. The van der Waals surface area contributed by atoms with Crippen LogP contribution in [0.25, 0.3) is 0 Å². The minimum Gasteiger partial charge on any atom is -0.497 e. The van der Waals surface area contributed by atoms with Crippen molar-refractivity contribution in [1.29, 1.82) is 0 Å². The second kappa shape index (κ2) is 7.73. The average molecular weight is 443 g/mol. The van der Waals surface area contributed by atoms with Crippen LogP contribution in [0, 0.1) is 0 Å².